The molecule has 1 aromatic heterocycles. The number of nitrogens with zero attached hydrogens (tertiary/aromatic N) is 2. The zero-order valence-corrected chi connectivity index (χ0v) is 8.12. The van der Waals surface area contributed by atoms with Gasteiger partial charge in [-0.15, -0.1) is 0 Å². The fourth-order valence-corrected chi connectivity index (χ4v) is 1.83. The highest BCUT2D eigenvalue weighted by Gasteiger charge is 2.56. The van der Waals surface area contributed by atoms with E-state index in [1.807, 2.05) is 6.07 Å². The maximum absolute atomic E-state index is 6.13. The molecule has 2 N–H and O–H groups in total. The van der Waals surface area contributed by atoms with Crippen LogP contribution in [-0.2, 0) is 5.41 Å². The lowest BCUT2D eigenvalue weighted by atomic mass is 9.84. The minimum Gasteiger partial charge on any atom is -0.325 e. The average molecular weight is 177 g/mol. The molecular formula is C10H15N3. The van der Waals surface area contributed by atoms with Crippen molar-refractivity contribution in [2.45, 2.75) is 37.6 Å². The molecule has 0 spiro atoms. The second-order valence-electron chi connectivity index (χ2n) is 4.38. The summed E-state index contributed by atoms with van der Waals surface area (Å²) in [4.78, 5) is 8.58. The SMILES string of the molecule is CC(C)(N)C1(c2ncccn2)CC1. The Kier molecular flexibility index (Phi) is 1.67. The molecule has 0 aliphatic heterocycles. The zero-order valence-electron chi connectivity index (χ0n) is 8.12. The number of hydrogen-bond acceptors (Lipinski definition) is 3. The van der Waals surface area contributed by atoms with Crippen LogP contribution in [0.25, 0.3) is 0 Å². The molecule has 1 fully saturated rings. The predicted octanol–water partition coefficient (Wildman–Crippen LogP) is 1.25. The first-order chi connectivity index (χ1) is 6.06. The molecule has 0 unspecified atom stereocenters. The summed E-state index contributed by atoms with van der Waals surface area (Å²) < 4.78 is 0. The highest BCUT2D eigenvalue weighted by atomic mass is 15.0. The summed E-state index contributed by atoms with van der Waals surface area (Å²) >= 11 is 0. The van der Waals surface area contributed by atoms with Gasteiger partial charge in [-0.05, 0) is 32.8 Å². The molecule has 0 aromatic carbocycles. The van der Waals surface area contributed by atoms with Crippen molar-refractivity contribution in [1.82, 2.24) is 9.97 Å². The van der Waals surface area contributed by atoms with E-state index in [1.54, 1.807) is 12.4 Å². The van der Waals surface area contributed by atoms with Gasteiger partial charge in [-0.1, -0.05) is 0 Å². The first kappa shape index (κ1) is 8.63. The van der Waals surface area contributed by atoms with Gasteiger partial charge in [0.1, 0.15) is 5.82 Å². The summed E-state index contributed by atoms with van der Waals surface area (Å²) in [5.74, 6) is 0.905. The third kappa shape index (κ3) is 1.23. The predicted molar refractivity (Wildman–Crippen MR) is 51.2 cm³/mol. The standard InChI is InChI=1S/C10H15N3/c1-9(2,11)10(4-5-10)8-12-6-3-7-13-8/h3,6-7H,4-5,11H2,1-2H3. The van der Waals surface area contributed by atoms with E-state index in [4.69, 9.17) is 5.73 Å². The Hall–Kier alpha value is -0.960. The quantitative estimate of drug-likeness (QED) is 0.739. The Bertz CT molecular complexity index is 296. The van der Waals surface area contributed by atoms with Gasteiger partial charge in [0.25, 0.3) is 0 Å². The van der Waals surface area contributed by atoms with Crippen molar-refractivity contribution in [3.8, 4) is 0 Å². The molecular weight excluding hydrogens is 162 g/mol. The van der Waals surface area contributed by atoms with Crippen LogP contribution in [0.15, 0.2) is 18.5 Å². The first-order valence-corrected chi connectivity index (χ1v) is 4.63. The van der Waals surface area contributed by atoms with Gasteiger partial charge in [0.15, 0.2) is 0 Å². The number of aromatic nitrogens is 2. The van der Waals surface area contributed by atoms with E-state index in [0.29, 0.717) is 0 Å². The van der Waals surface area contributed by atoms with Crippen molar-refractivity contribution < 1.29 is 0 Å². The van der Waals surface area contributed by atoms with Crippen molar-refractivity contribution >= 4 is 0 Å². The second-order valence-corrected chi connectivity index (χ2v) is 4.38. The van der Waals surface area contributed by atoms with Crippen LogP contribution in [-0.4, -0.2) is 15.5 Å². The van der Waals surface area contributed by atoms with E-state index in [-0.39, 0.29) is 11.0 Å². The highest BCUT2D eigenvalue weighted by Crippen LogP contribution is 2.53. The third-order valence-corrected chi connectivity index (χ3v) is 2.98. The van der Waals surface area contributed by atoms with Crippen molar-refractivity contribution in [3.05, 3.63) is 24.3 Å². The van der Waals surface area contributed by atoms with Crippen LogP contribution in [0.4, 0.5) is 0 Å². The van der Waals surface area contributed by atoms with E-state index in [0.717, 1.165) is 18.7 Å². The normalized spacial score (nSPS) is 19.9. The number of hydrogen-bond donors (Lipinski definition) is 1. The van der Waals surface area contributed by atoms with Crippen LogP contribution in [0.1, 0.15) is 32.5 Å². The largest absolute Gasteiger partial charge is 0.325 e. The average Bonchev–Trinajstić information content (AvgIpc) is 2.84. The molecule has 1 saturated carbocycles. The molecule has 1 aliphatic rings. The summed E-state index contributed by atoms with van der Waals surface area (Å²) in [6, 6.07) is 1.84. The maximum atomic E-state index is 6.13. The third-order valence-electron chi connectivity index (χ3n) is 2.98. The van der Waals surface area contributed by atoms with Gasteiger partial charge in [0.2, 0.25) is 0 Å². The van der Waals surface area contributed by atoms with Gasteiger partial charge in [-0.25, -0.2) is 9.97 Å². The molecule has 0 atom stereocenters. The van der Waals surface area contributed by atoms with Crippen LogP contribution in [0.2, 0.25) is 0 Å². The van der Waals surface area contributed by atoms with Crippen LogP contribution in [0, 0.1) is 0 Å². The Balaban J connectivity index is 2.37. The lowest BCUT2D eigenvalue weighted by Crippen LogP contribution is -2.46. The van der Waals surface area contributed by atoms with Crippen LogP contribution < -0.4 is 5.73 Å². The van der Waals surface area contributed by atoms with Gasteiger partial charge < -0.3 is 5.73 Å². The van der Waals surface area contributed by atoms with E-state index in [9.17, 15) is 0 Å². The molecule has 1 aromatic rings. The van der Waals surface area contributed by atoms with Gasteiger partial charge in [0, 0.05) is 23.3 Å². The fraction of sp³-hybridized carbons (Fsp3) is 0.600. The first-order valence-electron chi connectivity index (χ1n) is 4.63. The molecule has 0 saturated heterocycles. The molecule has 2 rings (SSSR count). The highest BCUT2D eigenvalue weighted by molar-refractivity contribution is 5.25. The minimum absolute atomic E-state index is 0.0360. The van der Waals surface area contributed by atoms with Gasteiger partial charge >= 0.3 is 0 Å². The smallest absolute Gasteiger partial charge is 0.136 e. The Morgan fingerprint density at radius 1 is 1.31 bits per heavy atom. The molecule has 3 heteroatoms. The molecule has 1 aliphatic carbocycles. The topological polar surface area (TPSA) is 51.8 Å². The molecule has 70 valence electrons. The molecule has 1 heterocycles. The molecule has 0 amide bonds. The van der Waals surface area contributed by atoms with E-state index in [2.05, 4.69) is 23.8 Å². The van der Waals surface area contributed by atoms with Gasteiger partial charge in [-0.3, -0.25) is 0 Å². The lowest BCUT2D eigenvalue weighted by molar-refractivity contribution is 0.375. The van der Waals surface area contributed by atoms with E-state index >= 15 is 0 Å². The van der Waals surface area contributed by atoms with Gasteiger partial charge in [-0.2, -0.15) is 0 Å². The summed E-state index contributed by atoms with van der Waals surface area (Å²) in [6.45, 7) is 4.10. The molecule has 0 radical (unpaired) electrons. The summed E-state index contributed by atoms with van der Waals surface area (Å²) in [5, 5.41) is 0. The Morgan fingerprint density at radius 2 is 1.85 bits per heavy atom. The van der Waals surface area contributed by atoms with Crippen molar-refractivity contribution in [3.63, 3.8) is 0 Å². The fourth-order valence-electron chi connectivity index (χ4n) is 1.83. The minimum atomic E-state index is -0.214. The molecule has 0 bridgehead atoms. The summed E-state index contributed by atoms with van der Waals surface area (Å²) in [5.41, 5.74) is 5.95. The molecule has 13 heavy (non-hydrogen) atoms. The number of nitrogens with two attached hydrogens (primary N) is 1. The summed E-state index contributed by atoms with van der Waals surface area (Å²) in [6.07, 6.45) is 5.79. The number of rotatable bonds is 2. The maximum Gasteiger partial charge on any atom is 0.136 e. The van der Waals surface area contributed by atoms with E-state index < -0.39 is 0 Å². The second kappa shape index (κ2) is 2.51. The Morgan fingerprint density at radius 3 is 2.23 bits per heavy atom. The Labute approximate surface area is 78.4 Å². The monoisotopic (exact) mass is 177 g/mol. The zero-order chi connectivity index (χ0) is 9.53. The van der Waals surface area contributed by atoms with Crippen LogP contribution in [0.3, 0.4) is 0 Å². The van der Waals surface area contributed by atoms with Crippen molar-refractivity contribution in [2.24, 2.45) is 5.73 Å². The molecule has 3 nitrogen and oxygen atoms in total. The lowest BCUT2D eigenvalue weighted by Gasteiger charge is -2.29. The van der Waals surface area contributed by atoms with Gasteiger partial charge in [0.05, 0.1) is 0 Å². The van der Waals surface area contributed by atoms with E-state index in [1.165, 1.54) is 0 Å². The van der Waals surface area contributed by atoms with Crippen LogP contribution in [0.5, 0.6) is 0 Å². The summed E-state index contributed by atoms with van der Waals surface area (Å²) in [7, 11) is 0. The van der Waals surface area contributed by atoms with Crippen molar-refractivity contribution in [1.29, 1.82) is 0 Å². The van der Waals surface area contributed by atoms with Crippen molar-refractivity contribution in [2.75, 3.05) is 0 Å². The van der Waals surface area contributed by atoms with Crippen LogP contribution >= 0.6 is 0 Å².